The number of nitrogen functional groups attached to an aromatic ring is 1. The third-order valence-electron chi connectivity index (χ3n) is 3.43. The Morgan fingerprint density at radius 1 is 1.12 bits per heavy atom. The zero-order valence-corrected chi connectivity index (χ0v) is 14.1. The predicted octanol–water partition coefficient (Wildman–Crippen LogP) is 2.35. The smallest absolute Gasteiger partial charge is 0.227 e. The number of halogens is 2. The average molecular weight is 337 g/mol. The van der Waals surface area contributed by atoms with Crippen LogP contribution in [0.3, 0.4) is 0 Å². The van der Waals surface area contributed by atoms with E-state index in [9.17, 15) is 13.9 Å². The lowest BCUT2D eigenvalue weighted by Crippen LogP contribution is -2.32. The van der Waals surface area contributed by atoms with E-state index in [4.69, 9.17) is 5.73 Å². The van der Waals surface area contributed by atoms with E-state index in [-0.39, 0.29) is 29.4 Å². The first-order chi connectivity index (χ1) is 11.0. The number of nitrogens with zero attached hydrogens (tertiary/aromatic N) is 3. The summed E-state index contributed by atoms with van der Waals surface area (Å²) in [6, 6.07) is 3.02. The number of aliphatic hydroxyl groups is 1. The van der Waals surface area contributed by atoms with Crippen molar-refractivity contribution >= 4 is 11.9 Å². The minimum Gasteiger partial charge on any atom is -0.383 e. The molecule has 8 heteroatoms. The molecule has 0 bridgehead atoms. The molecule has 0 fully saturated rings. The van der Waals surface area contributed by atoms with Crippen LogP contribution in [-0.4, -0.2) is 26.6 Å². The van der Waals surface area contributed by atoms with Crippen LogP contribution in [-0.2, 0) is 11.0 Å². The maximum Gasteiger partial charge on any atom is 0.227 e. The highest BCUT2D eigenvalue weighted by Gasteiger charge is 2.27. The summed E-state index contributed by atoms with van der Waals surface area (Å²) in [5, 5.41) is 13.3. The maximum atomic E-state index is 13.9. The summed E-state index contributed by atoms with van der Waals surface area (Å²) in [5.74, 6) is -0.822. The number of hydrogen-bond donors (Lipinski definition) is 3. The van der Waals surface area contributed by atoms with Crippen LogP contribution in [0.1, 0.15) is 39.1 Å². The first-order valence-corrected chi connectivity index (χ1v) is 7.43. The van der Waals surface area contributed by atoms with Gasteiger partial charge in [-0.15, -0.1) is 0 Å². The summed E-state index contributed by atoms with van der Waals surface area (Å²) in [6.07, 6.45) is 0. The van der Waals surface area contributed by atoms with E-state index in [0.717, 1.165) is 12.1 Å². The number of nitrogens with one attached hydrogen (secondary N) is 1. The molecule has 1 aromatic carbocycles. The third kappa shape index (κ3) is 4.14. The van der Waals surface area contributed by atoms with Crippen molar-refractivity contribution in [1.29, 1.82) is 0 Å². The largest absolute Gasteiger partial charge is 0.383 e. The fourth-order valence-corrected chi connectivity index (χ4v) is 2.08. The fourth-order valence-electron chi connectivity index (χ4n) is 2.08. The SMILES string of the molecule is CC(C)(C)c1nc(N)nc(NCC(C)(O)c2ccc(F)cc2F)n1. The van der Waals surface area contributed by atoms with Gasteiger partial charge < -0.3 is 16.2 Å². The maximum absolute atomic E-state index is 13.9. The van der Waals surface area contributed by atoms with Crippen LogP contribution >= 0.6 is 0 Å². The van der Waals surface area contributed by atoms with Gasteiger partial charge in [-0.1, -0.05) is 26.8 Å². The van der Waals surface area contributed by atoms with Gasteiger partial charge in [0.05, 0.1) is 6.54 Å². The van der Waals surface area contributed by atoms with Gasteiger partial charge >= 0.3 is 0 Å². The van der Waals surface area contributed by atoms with Gasteiger partial charge in [-0.05, 0) is 13.0 Å². The van der Waals surface area contributed by atoms with Crippen LogP contribution in [0, 0.1) is 11.6 Å². The second-order valence-electron chi connectivity index (χ2n) is 6.84. The molecule has 1 aromatic heterocycles. The standard InChI is InChI=1S/C16H21F2N5O/c1-15(2,3)12-21-13(19)23-14(22-12)20-8-16(4,24)10-6-5-9(17)7-11(10)18/h5-7,24H,8H2,1-4H3,(H3,19,20,21,22,23). The van der Waals surface area contributed by atoms with E-state index in [1.165, 1.54) is 13.0 Å². The van der Waals surface area contributed by atoms with Crippen molar-refractivity contribution in [1.82, 2.24) is 15.0 Å². The molecular weight excluding hydrogens is 316 g/mol. The molecule has 0 aliphatic carbocycles. The van der Waals surface area contributed by atoms with E-state index in [2.05, 4.69) is 20.3 Å². The van der Waals surface area contributed by atoms with Crippen LogP contribution in [0.5, 0.6) is 0 Å². The summed E-state index contributed by atoms with van der Waals surface area (Å²) in [4.78, 5) is 12.3. The number of hydrogen-bond acceptors (Lipinski definition) is 6. The highest BCUT2D eigenvalue weighted by molar-refractivity contribution is 5.34. The van der Waals surface area contributed by atoms with Gasteiger partial charge in [-0.3, -0.25) is 0 Å². The monoisotopic (exact) mass is 337 g/mol. The molecule has 24 heavy (non-hydrogen) atoms. The quantitative estimate of drug-likeness (QED) is 0.792. The Balaban J connectivity index is 2.22. The van der Waals surface area contributed by atoms with Gasteiger partial charge in [0.25, 0.3) is 0 Å². The van der Waals surface area contributed by atoms with E-state index in [1.54, 1.807) is 0 Å². The molecule has 4 N–H and O–H groups in total. The first-order valence-electron chi connectivity index (χ1n) is 7.43. The molecule has 0 saturated carbocycles. The molecule has 0 aliphatic heterocycles. The number of nitrogens with two attached hydrogens (primary N) is 1. The van der Waals surface area contributed by atoms with E-state index in [0.29, 0.717) is 5.82 Å². The topological polar surface area (TPSA) is 97.0 Å². The Hall–Kier alpha value is -2.35. The van der Waals surface area contributed by atoms with Crippen molar-refractivity contribution in [3.63, 3.8) is 0 Å². The minimum atomic E-state index is -1.60. The van der Waals surface area contributed by atoms with Crippen LogP contribution in [0.25, 0.3) is 0 Å². The lowest BCUT2D eigenvalue weighted by Gasteiger charge is -2.25. The molecule has 1 atom stereocenters. The predicted molar refractivity (Wildman–Crippen MR) is 87.4 cm³/mol. The zero-order chi connectivity index (χ0) is 18.1. The highest BCUT2D eigenvalue weighted by atomic mass is 19.1. The molecule has 1 heterocycles. The Morgan fingerprint density at radius 2 is 1.79 bits per heavy atom. The summed E-state index contributed by atoms with van der Waals surface area (Å²) in [6.45, 7) is 7.09. The lowest BCUT2D eigenvalue weighted by atomic mass is 9.95. The summed E-state index contributed by atoms with van der Waals surface area (Å²) < 4.78 is 26.9. The molecule has 0 radical (unpaired) electrons. The molecule has 0 saturated heterocycles. The molecular formula is C16H21F2N5O. The number of anilines is 2. The van der Waals surface area contributed by atoms with Crippen LogP contribution in [0.4, 0.5) is 20.7 Å². The normalized spacial score (nSPS) is 14.3. The second kappa shape index (κ2) is 6.27. The van der Waals surface area contributed by atoms with E-state index < -0.39 is 17.2 Å². The number of benzene rings is 1. The Morgan fingerprint density at radius 3 is 2.38 bits per heavy atom. The minimum absolute atomic E-state index is 0.0329. The summed E-state index contributed by atoms with van der Waals surface area (Å²) in [5.41, 5.74) is 3.72. The second-order valence-corrected chi connectivity index (χ2v) is 6.84. The summed E-state index contributed by atoms with van der Waals surface area (Å²) in [7, 11) is 0. The van der Waals surface area contributed by atoms with Gasteiger partial charge in [0.15, 0.2) is 0 Å². The van der Waals surface area contributed by atoms with Crippen molar-refractivity contribution in [2.24, 2.45) is 0 Å². The van der Waals surface area contributed by atoms with Gasteiger partial charge in [0.2, 0.25) is 11.9 Å². The highest BCUT2D eigenvalue weighted by Crippen LogP contribution is 2.25. The fraction of sp³-hybridized carbons (Fsp3) is 0.438. The van der Waals surface area contributed by atoms with E-state index >= 15 is 0 Å². The Kier molecular flexibility index (Phi) is 4.70. The molecule has 130 valence electrons. The molecule has 0 spiro atoms. The van der Waals surface area contributed by atoms with Crippen LogP contribution in [0.2, 0.25) is 0 Å². The Labute approximate surface area is 139 Å². The van der Waals surface area contributed by atoms with Gasteiger partial charge in [0.1, 0.15) is 23.1 Å². The zero-order valence-electron chi connectivity index (χ0n) is 14.1. The van der Waals surface area contributed by atoms with Crippen molar-refractivity contribution in [3.8, 4) is 0 Å². The lowest BCUT2D eigenvalue weighted by molar-refractivity contribution is 0.0672. The molecule has 0 aliphatic rings. The molecule has 2 rings (SSSR count). The van der Waals surface area contributed by atoms with E-state index in [1.807, 2.05) is 20.8 Å². The number of rotatable bonds is 4. The average Bonchev–Trinajstić information content (AvgIpc) is 2.43. The summed E-state index contributed by atoms with van der Waals surface area (Å²) >= 11 is 0. The van der Waals surface area contributed by atoms with Gasteiger partial charge in [-0.2, -0.15) is 15.0 Å². The van der Waals surface area contributed by atoms with Crippen molar-refractivity contribution in [2.75, 3.05) is 17.6 Å². The molecule has 6 nitrogen and oxygen atoms in total. The Bertz CT molecular complexity index is 744. The molecule has 2 aromatic rings. The van der Waals surface area contributed by atoms with Crippen LogP contribution < -0.4 is 11.1 Å². The third-order valence-corrected chi connectivity index (χ3v) is 3.43. The molecule has 1 unspecified atom stereocenters. The first kappa shape index (κ1) is 18.0. The van der Waals surface area contributed by atoms with Crippen molar-refractivity contribution in [2.45, 2.75) is 38.7 Å². The van der Waals surface area contributed by atoms with Crippen molar-refractivity contribution < 1.29 is 13.9 Å². The molecule has 0 amide bonds. The van der Waals surface area contributed by atoms with Crippen LogP contribution in [0.15, 0.2) is 18.2 Å². The number of aromatic nitrogens is 3. The van der Waals surface area contributed by atoms with Gasteiger partial charge in [0, 0.05) is 17.0 Å². The van der Waals surface area contributed by atoms with Crippen molar-refractivity contribution in [3.05, 3.63) is 41.2 Å². The van der Waals surface area contributed by atoms with Gasteiger partial charge in [-0.25, -0.2) is 8.78 Å².